The third-order valence-corrected chi connectivity index (χ3v) is 4.66. The van der Waals surface area contributed by atoms with Crippen molar-refractivity contribution in [2.45, 2.75) is 26.8 Å². The lowest BCUT2D eigenvalue weighted by atomic mass is 9.91. The van der Waals surface area contributed by atoms with Crippen molar-refractivity contribution in [2.75, 3.05) is 11.5 Å². The van der Waals surface area contributed by atoms with Crippen LogP contribution >= 0.6 is 0 Å². The minimum absolute atomic E-state index is 0.0267. The molecule has 3 rings (SSSR count). The number of aliphatic hydroxyl groups excluding tert-OH is 1. The normalized spacial score (nSPS) is 16.7. The molecule has 7 heteroatoms. The molecule has 1 heterocycles. The second kappa shape index (κ2) is 8.03. The number of hydrogen-bond acceptors (Lipinski definition) is 4. The van der Waals surface area contributed by atoms with E-state index in [0.29, 0.717) is 17.9 Å². The summed E-state index contributed by atoms with van der Waals surface area (Å²) in [5.41, 5.74) is 0.448. The van der Waals surface area contributed by atoms with Gasteiger partial charge < -0.3 is 9.84 Å². The van der Waals surface area contributed by atoms with E-state index in [0.717, 1.165) is 17.0 Å². The van der Waals surface area contributed by atoms with Crippen LogP contribution in [0.25, 0.3) is 0 Å². The number of hydrogen-bond donors (Lipinski definition) is 1. The molecule has 152 valence electrons. The molecule has 0 saturated carbocycles. The minimum Gasteiger partial charge on any atom is -0.503 e. The van der Waals surface area contributed by atoms with Crippen molar-refractivity contribution < 1.29 is 28.2 Å². The molecule has 29 heavy (non-hydrogen) atoms. The number of nitrogens with zero attached hydrogens (tertiary/aromatic N) is 1. The van der Waals surface area contributed by atoms with Crippen LogP contribution in [0.4, 0.5) is 14.5 Å². The first-order chi connectivity index (χ1) is 13.8. The van der Waals surface area contributed by atoms with Gasteiger partial charge in [0.1, 0.15) is 5.75 Å². The van der Waals surface area contributed by atoms with Crippen LogP contribution in [0.2, 0.25) is 0 Å². The van der Waals surface area contributed by atoms with E-state index in [1.54, 1.807) is 38.1 Å². The first-order valence-electron chi connectivity index (χ1n) is 9.25. The molecule has 0 fully saturated rings. The Morgan fingerprint density at radius 1 is 1.17 bits per heavy atom. The number of rotatable bonds is 6. The zero-order chi connectivity index (χ0) is 21.3. The van der Waals surface area contributed by atoms with Gasteiger partial charge in [-0.1, -0.05) is 26.0 Å². The van der Waals surface area contributed by atoms with Crippen molar-refractivity contribution in [2.24, 2.45) is 5.92 Å². The zero-order valence-electron chi connectivity index (χ0n) is 16.3. The maximum Gasteiger partial charge on any atom is 0.294 e. The molecular formula is C22H21F2NO4. The summed E-state index contributed by atoms with van der Waals surface area (Å²) >= 11 is 0. The van der Waals surface area contributed by atoms with E-state index in [4.69, 9.17) is 4.74 Å². The smallest absolute Gasteiger partial charge is 0.294 e. The van der Waals surface area contributed by atoms with Gasteiger partial charge in [-0.3, -0.25) is 14.5 Å². The minimum atomic E-state index is -1.14. The van der Waals surface area contributed by atoms with Gasteiger partial charge in [-0.2, -0.15) is 0 Å². The number of Topliss-reactive ketones (excluding diaryl/α,β-unsaturated/α-hetero) is 1. The molecule has 0 bridgehead atoms. The fourth-order valence-electron chi connectivity index (χ4n) is 3.33. The Hall–Kier alpha value is -3.22. The Morgan fingerprint density at radius 2 is 1.90 bits per heavy atom. The molecule has 1 N–H and O–H groups in total. The van der Waals surface area contributed by atoms with E-state index in [-0.39, 0.29) is 11.3 Å². The van der Waals surface area contributed by atoms with Crippen molar-refractivity contribution >= 4 is 17.4 Å². The first kappa shape index (κ1) is 20.5. The highest BCUT2D eigenvalue weighted by atomic mass is 19.2. The highest BCUT2D eigenvalue weighted by Crippen LogP contribution is 2.42. The highest BCUT2D eigenvalue weighted by Gasteiger charge is 2.45. The van der Waals surface area contributed by atoms with Gasteiger partial charge in [-0.15, -0.1) is 0 Å². The summed E-state index contributed by atoms with van der Waals surface area (Å²) in [5.74, 6) is -4.13. The van der Waals surface area contributed by atoms with E-state index >= 15 is 0 Å². The second-order valence-electron chi connectivity index (χ2n) is 6.96. The summed E-state index contributed by atoms with van der Waals surface area (Å²) < 4.78 is 32.8. The van der Waals surface area contributed by atoms with Crippen LogP contribution in [0.15, 0.2) is 53.8 Å². The number of carbonyl (C=O) groups is 2. The van der Waals surface area contributed by atoms with Crippen molar-refractivity contribution in [1.29, 1.82) is 0 Å². The number of aliphatic hydroxyl groups is 1. The molecule has 0 aromatic heterocycles. The fourth-order valence-corrected chi connectivity index (χ4v) is 3.33. The number of anilines is 1. The molecule has 2 aromatic rings. The quantitative estimate of drug-likeness (QED) is 0.775. The number of ketones is 1. The van der Waals surface area contributed by atoms with E-state index < -0.39 is 41.0 Å². The molecule has 1 unspecified atom stereocenters. The SMILES string of the molecule is CCOc1cccc(C2C(C(=O)C(C)C)=C(O)C(=O)N2c2ccc(F)c(F)c2)c1. The predicted molar refractivity (Wildman–Crippen MR) is 104 cm³/mol. The standard InChI is InChI=1S/C22H21F2NO4/c1-4-29-15-7-5-6-13(10-15)19-18(20(26)12(2)3)21(27)22(28)25(19)14-8-9-16(23)17(24)11-14/h5-12,19,27H,4H2,1-3H3. The predicted octanol–water partition coefficient (Wildman–Crippen LogP) is 4.49. The van der Waals surface area contributed by atoms with Crippen molar-refractivity contribution in [3.63, 3.8) is 0 Å². The largest absolute Gasteiger partial charge is 0.503 e. The fraction of sp³-hybridized carbons (Fsp3) is 0.273. The molecule has 0 aliphatic carbocycles. The Kier molecular flexibility index (Phi) is 5.68. The molecule has 0 radical (unpaired) electrons. The zero-order valence-corrected chi connectivity index (χ0v) is 16.3. The Bertz CT molecular complexity index is 1000. The molecule has 1 amide bonds. The maximum atomic E-state index is 13.9. The monoisotopic (exact) mass is 401 g/mol. The van der Waals surface area contributed by atoms with Gasteiger partial charge in [0.05, 0.1) is 18.2 Å². The Labute approximate surface area is 167 Å². The Balaban J connectivity index is 2.19. The van der Waals surface area contributed by atoms with Crippen LogP contribution in [-0.4, -0.2) is 23.4 Å². The first-order valence-corrected chi connectivity index (χ1v) is 9.25. The maximum absolute atomic E-state index is 13.9. The summed E-state index contributed by atoms with van der Waals surface area (Å²) in [6.45, 7) is 5.54. The molecule has 2 aromatic carbocycles. The van der Waals surface area contributed by atoms with E-state index in [1.807, 2.05) is 6.92 Å². The molecule has 1 aliphatic heterocycles. The van der Waals surface area contributed by atoms with Gasteiger partial charge in [0.25, 0.3) is 5.91 Å². The van der Waals surface area contributed by atoms with Crippen molar-refractivity contribution in [1.82, 2.24) is 0 Å². The number of ether oxygens (including phenoxy) is 1. The average Bonchev–Trinajstić information content (AvgIpc) is 2.95. The topological polar surface area (TPSA) is 66.8 Å². The molecule has 1 atom stereocenters. The third-order valence-electron chi connectivity index (χ3n) is 4.66. The van der Waals surface area contributed by atoms with Gasteiger partial charge in [0.15, 0.2) is 23.2 Å². The highest BCUT2D eigenvalue weighted by molar-refractivity contribution is 6.16. The van der Waals surface area contributed by atoms with Crippen molar-refractivity contribution in [3.05, 3.63) is 71.0 Å². The third kappa shape index (κ3) is 3.72. The summed E-state index contributed by atoms with van der Waals surface area (Å²) in [6.07, 6.45) is 0. The van der Waals surface area contributed by atoms with E-state index in [1.165, 1.54) is 6.07 Å². The average molecular weight is 401 g/mol. The van der Waals surface area contributed by atoms with Crippen LogP contribution in [0.3, 0.4) is 0 Å². The lowest BCUT2D eigenvalue weighted by molar-refractivity contribution is -0.119. The van der Waals surface area contributed by atoms with Crippen LogP contribution < -0.4 is 9.64 Å². The van der Waals surface area contributed by atoms with Gasteiger partial charge >= 0.3 is 0 Å². The van der Waals surface area contributed by atoms with Gasteiger partial charge in [0.2, 0.25) is 0 Å². The lowest BCUT2D eigenvalue weighted by Gasteiger charge is -2.27. The second-order valence-corrected chi connectivity index (χ2v) is 6.96. The number of amides is 1. The number of halogens is 2. The summed E-state index contributed by atoms with van der Waals surface area (Å²) in [5, 5.41) is 10.5. The molecule has 5 nitrogen and oxygen atoms in total. The lowest BCUT2D eigenvalue weighted by Crippen LogP contribution is -2.31. The number of benzene rings is 2. The Morgan fingerprint density at radius 3 is 2.52 bits per heavy atom. The molecule has 1 aliphatic rings. The van der Waals surface area contributed by atoms with Gasteiger partial charge in [-0.05, 0) is 36.8 Å². The molecule has 0 saturated heterocycles. The van der Waals surface area contributed by atoms with E-state index in [2.05, 4.69) is 0 Å². The summed E-state index contributed by atoms with van der Waals surface area (Å²) in [4.78, 5) is 26.8. The molecule has 0 spiro atoms. The van der Waals surface area contributed by atoms with Gasteiger partial charge in [0, 0.05) is 17.7 Å². The molecular weight excluding hydrogens is 380 g/mol. The van der Waals surface area contributed by atoms with E-state index in [9.17, 15) is 23.5 Å². The van der Waals surface area contributed by atoms with Crippen molar-refractivity contribution in [3.8, 4) is 5.75 Å². The van der Waals surface area contributed by atoms with Crippen LogP contribution in [0.5, 0.6) is 5.75 Å². The summed E-state index contributed by atoms with van der Waals surface area (Å²) in [7, 11) is 0. The van der Waals surface area contributed by atoms with Gasteiger partial charge in [-0.25, -0.2) is 8.78 Å². The number of carbonyl (C=O) groups excluding carboxylic acids is 2. The van der Waals surface area contributed by atoms with Crippen LogP contribution in [-0.2, 0) is 9.59 Å². The van der Waals surface area contributed by atoms with Crippen LogP contribution in [0, 0.1) is 17.6 Å². The summed E-state index contributed by atoms with van der Waals surface area (Å²) in [6, 6.07) is 8.74. The van der Waals surface area contributed by atoms with Crippen LogP contribution in [0.1, 0.15) is 32.4 Å².